The van der Waals surface area contributed by atoms with Crippen molar-refractivity contribution in [3.63, 3.8) is 0 Å². The second kappa shape index (κ2) is 7.39. The number of hydrogen-bond acceptors (Lipinski definition) is 4. The summed E-state index contributed by atoms with van der Waals surface area (Å²) >= 11 is 7.37. The van der Waals surface area contributed by atoms with Crippen LogP contribution in [-0.4, -0.2) is 21.6 Å². The Hall–Kier alpha value is -2.18. The van der Waals surface area contributed by atoms with Gasteiger partial charge in [0.2, 0.25) is 5.17 Å². The number of amidine groups is 1. The summed E-state index contributed by atoms with van der Waals surface area (Å²) in [6.45, 7) is 0.527. The van der Waals surface area contributed by atoms with Gasteiger partial charge in [-0.1, -0.05) is 70.9 Å². The van der Waals surface area contributed by atoms with Gasteiger partial charge in [0.05, 0.1) is 17.5 Å². The average Bonchev–Trinajstić information content (AvgIpc) is 2.58. The lowest BCUT2D eigenvalue weighted by molar-refractivity contribution is 0.445. The van der Waals surface area contributed by atoms with Crippen LogP contribution < -0.4 is 0 Å². The predicted octanol–water partition coefficient (Wildman–Crippen LogP) is 4.33. The smallest absolute Gasteiger partial charge is 0.210 e. The van der Waals surface area contributed by atoms with Crippen molar-refractivity contribution in [3.8, 4) is 0 Å². The number of nitrogens with zero attached hydrogens (tertiary/aromatic N) is 4. The molecule has 0 radical (unpaired) electrons. The van der Waals surface area contributed by atoms with Gasteiger partial charge in [-0.05, 0) is 23.3 Å². The van der Waals surface area contributed by atoms with Crippen LogP contribution in [0.3, 0.4) is 0 Å². The molecule has 23 heavy (non-hydrogen) atoms. The van der Waals surface area contributed by atoms with Gasteiger partial charge in [0, 0.05) is 10.8 Å². The van der Waals surface area contributed by atoms with Gasteiger partial charge in [-0.3, -0.25) is 0 Å². The Kier molecular flexibility index (Phi) is 5.05. The van der Waals surface area contributed by atoms with E-state index < -0.39 is 0 Å². The van der Waals surface area contributed by atoms with Crippen molar-refractivity contribution in [2.24, 2.45) is 15.5 Å². The molecular formula is C16H13ClN4OS. The summed E-state index contributed by atoms with van der Waals surface area (Å²) in [7, 11) is 0. The van der Waals surface area contributed by atoms with Crippen molar-refractivity contribution in [2.45, 2.75) is 6.54 Å². The van der Waals surface area contributed by atoms with Crippen molar-refractivity contribution in [3.05, 3.63) is 75.7 Å². The lowest BCUT2D eigenvalue weighted by Crippen LogP contribution is -2.30. The fourth-order valence-electron chi connectivity index (χ4n) is 2.18. The quantitative estimate of drug-likeness (QED) is 0.612. The van der Waals surface area contributed by atoms with E-state index in [0.717, 1.165) is 16.8 Å². The summed E-state index contributed by atoms with van der Waals surface area (Å²) in [6.07, 6.45) is 0. The highest BCUT2D eigenvalue weighted by Crippen LogP contribution is 2.23. The van der Waals surface area contributed by atoms with E-state index >= 15 is 0 Å². The standard InChI is InChI=1S/C16H13ClN4OS/c17-14-8-6-13(7-9-14)15-11-23-16(18-20-22)21(19-15)10-12-4-2-1-3-5-12/h1-9H,10-11H2/b18-16+. The minimum absolute atomic E-state index is 0.501. The van der Waals surface area contributed by atoms with Gasteiger partial charge >= 0.3 is 0 Å². The lowest BCUT2D eigenvalue weighted by Gasteiger charge is -2.25. The van der Waals surface area contributed by atoms with Crippen LogP contribution in [0.15, 0.2) is 70.1 Å². The minimum Gasteiger partial charge on any atom is -0.236 e. The molecule has 0 bridgehead atoms. The second-order valence-electron chi connectivity index (χ2n) is 4.85. The molecule has 7 heteroatoms. The van der Waals surface area contributed by atoms with E-state index in [2.05, 4.69) is 15.5 Å². The summed E-state index contributed by atoms with van der Waals surface area (Å²) in [5.74, 6) is 0.626. The molecule has 0 fully saturated rings. The van der Waals surface area contributed by atoms with Crippen molar-refractivity contribution in [1.29, 1.82) is 0 Å². The van der Waals surface area contributed by atoms with Gasteiger partial charge in [0.1, 0.15) is 0 Å². The van der Waals surface area contributed by atoms with Crippen molar-refractivity contribution in [1.82, 2.24) is 5.01 Å². The molecule has 0 amide bonds. The van der Waals surface area contributed by atoms with Gasteiger partial charge in [-0.2, -0.15) is 5.10 Å². The van der Waals surface area contributed by atoms with Gasteiger partial charge in [0.25, 0.3) is 0 Å². The topological polar surface area (TPSA) is 57.4 Å². The van der Waals surface area contributed by atoms with E-state index in [1.165, 1.54) is 11.8 Å². The fourth-order valence-corrected chi connectivity index (χ4v) is 3.14. The number of rotatable bonds is 4. The molecule has 0 N–H and O–H groups in total. The van der Waals surface area contributed by atoms with Gasteiger partial charge in [-0.25, -0.2) is 5.01 Å². The first-order valence-electron chi connectivity index (χ1n) is 6.94. The van der Waals surface area contributed by atoms with E-state index in [1.54, 1.807) is 5.01 Å². The highest BCUT2D eigenvalue weighted by Gasteiger charge is 2.21. The molecule has 1 aliphatic heterocycles. The highest BCUT2D eigenvalue weighted by atomic mass is 35.5. The maximum Gasteiger partial charge on any atom is 0.210 e. The Morgan fingerprint density at radius 1 is 1.13 bits per heavy atom. The third-order valence-electron chi connectivity index (χ3n) is 3.28. The first kappa shape index (κ1) is 15.7. The molecule has 1 heterocycles. The van der Waals surface area contributed by atoms with Crippen LogP contribution in [0.25, 0.3) is 0 Å². The number of hydrazone groups is 1. The summed E-state index contributed by atoms with van der Waals surface area (Å²) in [5, 5.41) is 13.8. The Labute approximate surface area is 143 Å². The average molecular weight is 345 g/mol. The van der Waals surface area contributed by atoms with Crippen LogP contribution in [0, 0.1) is 4.91 Å². The number of benzene rings is 2. The third kappa shape index (κ3) is 3.97. The summed E-state index contributed by atoms with van der Waals surface area (Å²) < 4.78 is 0. The summed E-state index contributed by atoms with van der Waals surface area (Å²) in [6, 6.07) is 17.4. The van der Waals surface area contributed by atoms with Crippen LogP contribution in [0.5, 0.6) is 0 Å². The SMILES string of the molecule is O=N/N=C1/SCC(c2ccc(Cl)cc2)=NN1Cc1ccccc1. The van der Waals surface area contributed by atoms with E-state index in [9.17, 15) is 4.91 Å². The summed E-state index contributed by atoms with van der Waals surface area (Å²) in [5.41, 5.74) is 2.98. The van der Waals surface area contributed by atoms with Crippen LogP contribution >= 0.6 is 23.4 Å². The molecule has 2 aromatic carbocycles. The zero-order valence-electron chi connectivity index (χ0n) is 12.1. The number of hydrogen-bond donors (Lipinski definition) is 0. The van der Waals surface area contributed by atoms with Crippen molar-refractivity contribution < 1.29 is 0 Å². The predicted molar refractivity (Wildman–Crippen MR) is 95.7 cm³/mol. The Bertz CT molecular complexity index is 746. The highest BCUT2D eigenvalue weighted by molar-refractivity contribution is 8.14. The van der Waals surface area contributed by atoms with E-state index in [1.807, 2.05) is 54.6 Å². The first-order valence-corrected chi connectivity index (χ1v) is 8.30. The number of thioether (sulfide) groups is 1. The molecule has 0 unspecified atom stereocenters. The molecule has 0 atom stereocenters. The molecule has 0 saturated carbocycles. The normalized spacial score (nSPS) is 16.3. The van der Waals surface area contributed by atoms with Gasteiger partial charge in [-0.15, -0.1) is 4.91 Å². The molecule has 0 aliphatic carbocycles. The molecule has 2 aromatic rings. The monoisotopic (exact) mass is 344 g/mol. The van der Waals surface area contributed by atoms with E-state index in [-0.39, 0.29) is 0 Å². The molecule has 1 aliphatic rings. The molecule has 5 nitrogen and oxygen atoms in total. The van der Waals surface area contributed by atoms with Crippen LogP contribution in [0.1, 0.15) is 11.1 Å². The molecule has 0 aromatic heterocycles. The van der Waals surface area contributed by atoms with Gasteiger partial charge in [0.15, 0.2) is 0 Å². The minimum atomic E-state index is 0.501. The molecule has 0 spiro atoms. The van der Waals surface area contributed by atoms with Crippen molar-refractivity contribution >= 4 is 34.2 Å². The zero-order valence-corrected chi connectivity index (χ0v) is 13.7. The lowest BCUT2D eigenvalue weighted by atomic mass is 10.1. The maximum atomic E-state index is 10.5. The van der Waals surface area contributed by atoms with E-state index in [4.69, 9.17) is 11.6 Å². The second-order valence-corrected chi connectivity index (χ2v) is 6.23. The number of halogens is 1. The van der Waals surface area contributed by atoms with Crippen molar-refractivity contribution in [2.75, 3.05) is 5.75 Å². The summed E-state index contributed by atoms with van der Waals surface area (Å²) in [4.78, 5) is 10.5. The molecule has 0 saturated heterocycles. The fraction of sp³-hybridized carbons (Fsp3) is 0.125. The Morgan fingerprint density at radius 3 is 2.57 bits per heavy atom. The molecule has 116 valence electrons. The Morgan fingerprint density at radius 2 is 1.87 bits per heavy atom. The van der Waals surface area contributed by atoms with Crippen LogP contribution in [-0.2, 0) is 6.54 Å². The van der Waals surface area contributed by atoms with Crippen LogP contribution in [0.4, 0.5) is 0 Å². The van der Waals surface area contributed by atoms with E-state index in [0.29, 0.717) is 22.5 Å². The molecule has 3 rings (SSSR count). The Balaban J connectivity index is 1.90. The van der Waals surface area contributed by atoms with Gasteiger partial charge < -0.3 is 0 Å². The number of nitroso groups, excluding NO2 is 1. The molecular weight excluding hydrogens is 332 g/mol. The largest absolute Gasteiger partial charge is 0.236 e. The maximum absolute atomic E-state index is 10.5. The van der Waals surface area contributed by atoms with Crippen LogP contribution in [0.2, 0.25) is 5.02 Å². The zero-order chi connectivity index (χ0) is 16.1. The first-order chi connectivity index (χ1) is 11.3. The third-order valence-corrected chi connectivity index (χ3v) is 4.50.